The van der Waals surface area contributed by atoms with Crippen molar-refractivity contribution >= 4 is 11.3 Å². The lowest BCUT2D eigenvalue weighted by Crippen LogP contribution is -2.20. The van der Waals surface area contributed by atoms with Crippen LogP contribution in [0.25, 0.3) is 0 Å². The summed E-state index contributed by atoms with van der Waals surface area (Å²) in [5, 5.41) is 1.35. The molecular weight excluding hydrogens is 228 g/mol. The van der Waals surface area contributed by atoms with Crippen LogP contribution in [0, 0.1) is 5.41 Å². The highest BCUT2D eigenvalue weighted by molar-refractivity contribution is 7.11. The molecule has 2 rings (SSSR count). The molecule has 0 unspecified atom stereocenters. The first-order valence-corrected chi connectivity index (χ1v) is 7.56. The van der Waals surface area contributed by atoms with Gasteiger partial charge in [0, 0.05) is 17.3 Å². The smallest absolute Gasteiger partial charge is 0.0962 e. The number of nitrogens with two attached hydrogens (primary N) is 1. The Morgan fingerprint density at radius 2 is 2.00 bits per heavy atom. The molecule has 1 aliphatic rings. The quantitative estimate of drug-likeness (QED) is 0.887. The molecule has 1 aliphatic carbocycles. The SMILES string of the molecule is CCc1nc(C2CCC(C)(C)CC2)sc1CN. The Kier molecular flexibility index (Phi) is 3.88. The van der Waals surface area contributed by atoms with Crippen LogP contribution < -0.4 is 5.73 Å². The van der Waals surface area contributed by atoms with Crippen molar-refractivity contribution in [2.75, 3.05) is 0 Å². The molecule has 1 heterocycles. The maximum Gasteiger partial charge on any atom is 0.0962 e. The number of aryl methyl sites for hydroxylation is 1. The first-order valence-electron chi connectivity index (χ1n) is 6.74. The van der Waals surface area contributed by atoms with E-state index in [1.165, 1.54) is 41.3 Å². The molecule has 2 nitrogen and oxygen atoms in total. The first-order chi connectivity index (χ1) is 8.05. The van der Waals surface area contributed by atoms with E-state index in [-0.39, 0.29) is 0 Å². The van der Waals surface area contributed by atoms with Crippen LogP contribution in [0.15, 0.2) is 0 Å². The first kappa shape index (κ1) is 13.0. The van der Waals surface area contributed by atoms with E-state index in [4.69, 9.17) is 10.7 Å². The Morgan fingerprint density at radius 3 is 2.47 bits per heavy atom. The van der Waals surface area contributed by atoms with Gasteiger partial charge < -0.3 is 5.73 Å². The van der Waals surface area contributed by atoms with Crippen LogP contribution in [0.1, 0.15) is 68.0 Å². The average molecular weight is 252 g/mol. The molecule has 0 atom stereocenters. The zero-order chi connectivity index (χ0) is 12.5. The van der Waals surface area contributed by atoms with Gasteiger partial charge in [-0.3, -0.25) is 0 Å². The van der Waals surface area contributed by atoms with Gasteiger partial charge in [0.05, 0.1) is 10.7 Å². The molecule has 0 spiro atoms. The van der Waals surface area contributed by atoms with Crippen molar-refractivity contribution < 1.29 is 0 Å². The lowest BCUT2D eigenvalue weighted by Gasteiger charge is -2.33. The Labute approximate surface area is 109 Å². The fourth-order valence-corrected chi connectivity index (χ4v) is 3.86. The highest BCUT2D eigenvalue weighted by Crippen LogP contribution is 2.43. The second kappa shape index (κ2) is 5.07. The highest BCUT2D eigenvalue weighted by Gasteiger charge is 2.29. The van der Waals surface area contributed by atoms with Crippen molar-refractivity contribution in [2.24, 2.45) is 11.1 Å². The Hall–Kier alpha value is -0.410. The average Bonchev–Trinajstić information content (AvgIpc) is 2.72. The van der Waals surface area contributed by atoms with Crippen LogP contribution in [-0.4, -0.2) is 4.98 Å². The summed E-state index contributed by atoms with van der Waals surface area (Å²) < 4.78 is 0. The van der Waals surface area contributed by atoms with E-state index in [0.29, 0.717) is 17.9 Å². The number of hydrogen-bond acceptors (Lipinski definition) is 3. The van der Waals surface area contributed by atoms with Gasteiger partial charge in [-0.15, -0.1) is 11.3 Å². The molecule has 0 saturated heterocycles. The van der Waals surface area contributed by atoms with E-state index in [9.17, 15) is 0 Å². The van der Waals surface area contributed by atoms with Crippen LogP contribution in [0.3, 0.4) is 0 Å². The third-order valence-electron chi connectivity index (χ3n) is 4.00. The second-order valence-corrected chi connectivity index (χ2v) is 7.03. The van der Waals surface area contributed by atoms with Crippen molar-refractivity contribution in [3.8, 4) is 0 Å². The van der Waals surface area contributed by atoms with Crippen LogP contribution >= 0.6 is 11.3 Å². The van der Waals surface area contributed by atoms with Crippen molar-refractivity contribution in [2.45, 2.75) is 65.3 Å². The standard InChI is InChI=1S/C14H24N2S/c1-4-11-12(9-15)17-13(16-11)10-5-7-14(2,3)8-6-10/h10H,4-9,15H2,1-3H3. The lowest BCUT2D eigenvalue weighted by molar-refractivity contribution is 0.224. The molecular formula is C14H24N2S. The van der Waals surface area contributed by atoms with E-state index in [0.717, 1.165) is 6.42 Å². The van der Waals surface area contributed by atoms with Crippen LogP contribution in [0.4, 0.5) is 0 Å². The molecule has 1 fully saturated rings. The molecule has 96 valence electrons. The maximum atomic E-state index is 5.78. The van der Waals surface area contributed by atoms with Gasteiger partial charge in [-0.2, -0.15) is 0 Å². The Bertz CT molecular complexity index is 350. The minimum atomic E-state index is 0.540. The normalized spacial score (nSPS) is 20.7. The van der Waals surface area contributed by atoms with Crippen LogP contribution in [-0.2, 0) is 13.0 Å². The van der Waals surface area contributed by atoms with E-state index >= 15 is 0 Å². The summed E-state index contributed by atoms with van der Waals surface area (Å²) in [5.41, 5.74) is 7.56. The van der Waals surface area contributed by atoms with Gasteiger partial charge in [0.2, 0.25) is 0 Å². The zero-order valence-corrected chi connectivity index (χ0v) is 12.1. The fourth-order valence-electron chi connectivity index (χ4n) is 2.66. The van der Waals surface area contributed by atoms with Crippen molar-refractivity contribution in [1.82, 2.24) is 4.98 Å². The summed E-state index contributed by atoms with van der Waals surface area (Å²) >= 11 is 1.85. The van der Waals surface area contributed by atoms with Crippen LogP contribution in [0.5, 0.6) is 0 Å². The van der Waals surface area contributed by atoms with Gasteiger partial charge in [0.25, 0.3) is 0 Å². The largest absolute Gasteiger partial charge is 0.326 e. The molecule has 17 heavy (non-hydrogen) atoms. The molecule has 0 aliphatic heterocycles. The summed E-state index contributed by atoms with van der Waals surface area (Å²) in [7, 11) is 0. The minimum absolute atomic E-state index is 0.540. The molecule has 2 N–H and O–H groups in total. The number of thiazole rings is 1. The van der Waals surface area contributed by atoms with E-state index in [1.54, 1.807) is 0 Å². The fraction of sp³-hybridized carbons (Fsp3) is 0.786. The van der Waals surface area contributed by atoms with Crippen LogP contribution in [0.2, 0.25) is 0 Å². The molecule has 1 aromatic rings. The Morgan fingerprint density at radius 1 is 1.35 bits per heavy atom. The minimum Gasteiger partial charge on any atom is -0.326 e. The summed E-state index contributed by atoms with van der Waals surface area (Å²) in [6.45, 7) is 7.59. The van der Waals surface area contributed by atoms with Gasteiger partial charge in [-0.05, 0) is 37.5 Å². The summed E-state index contributed by atoms with van der Waals surface area (Å²) in [6.07, 6.45) is 6.27. The molecule has 0 amide bonds. The van der Waals surface area contributed by atoms with Gasteiger partial charge in [0.15, 0.2) is 0 Å². The van der Waals surface area contributed by atoms with E-state index < -0.39 is 0 Å². The lowest BCUT2D eigenvalue weighted by atomic mass is 9.73. The molecule has 0 bridgehead atoms. The summed E-state index contributed by atoms with van der Waals surface area (Å²) in [4.78, 5) is 6.11. The predicted octanol–water partition coefficient (Wildman–Crippen LogP) is 3.85. The second-order valence-electron chi connectivity index (χ2n) is 5.92. The van der Waals surface area contributed by atoms with Gasteiger partial charge >= 0.3 is 0 Å². The highest BCUT2D eigenvalue weighted by atomic mass is 32.1. The molecule has 1 aromatic heterocycles. The topological polar surface area (TPSA) is 38.9 Å². The number of hydrogen-bond donors (Lipinski definition) is 1. The number of rotatable bonds is 3. The zero-order valence-electron chi connectivity index (χ0n) is 11.3. The molecule has 3 heteroatoms. The molecule has 1 saturated carbocycles. The van der Waals surface area contributed by atoms with Crippen molar-refractivity contribution in [3.63, 3.8) is 0 Å². The summed E-state index contributed by atoms with van der Waals surface area (Å²) in [6, 6.07) is 0. The maximum absolute atomic E-state index is 5.78. The van der Waals surface area contributed by atoms with Crippen molar-refractivity contribution in [1.29, 1.82) is 0 Å². The number of aromatic nitrogens is 1. The third kappa shape index (κ3) is 2.89. The molecule has 0 aromatic carbocycles. The monoisotopic (exact) mass is 252 g/mol. The Balaban J connectivity index is 2.10. The molecule has 0 radical (unpaired) electrons. The van der Waals surface area contributed by atoms with Crippen molar-refractivity contribution in [3.05, 3.63) is 15.6 Å². The third-order valence-corrected chi connectivity index (χ3v) is 5.29. The predicted molar refractivity (Wildman–Crippen MR) is 74.4 cm³/mol. The van der Waals surface area contributed by atoms with E-state index in [1.807, 2.05) is 11.3 Å². The van der Waals surface area contributed by atoms with Gasteiger partial charge in [-0.1, -0.05) is 20.8 Å². The van der Waals surface area contributed by atoms with Gasteiger partial charge in [0.1, 0.15) is 0 Å². The summed E-state index contributed by atoms with van der Waals surface area (Å²) in [5.74, 6) is 0.693. The number of nitrogens with zero attached hydrogens (tertiary/aromatic N) is 1. The van der Waals surface area contributed by atoms with E-state index in [2.05, 4.69) is 20.8 Å². The van der Waals surface area contributed by atoms with Gasteiger partial charge in [-0.25, -0.2) is 4.98 Å².